The van der Waals surface area contributed by atoms with Crippen LogP contribution in [0.5, 0.6) is 0 Å². The summed E-state index contributed by atoms with van der Waals surface area (Å²) in [6, 6.07) is 19.7. The van der Waals surface area contributed by atoms with Gasteiger partial charge in [-0.15, -0.1) is 22.0 Å². The zero-order chi connectivity index (χ0) is 16.1. The van der Waals surface area contributed by atoms with Gasteiger partial charge in [0.2, 0.25) is 11.0 Å². The first-order valence-corrected chi connectivity index (χ1v) is 8.83. The number of hydrogen-bond donors (Lipinski definition) is 1. The van der Waals surface area contributed by atoms with Gasteiger partial charge in [0.25, 0.3) is 0 Å². The van der Waals surface area contributed by atoms with Gasteiger partial charge in [-0.1, -0.05) is 59.9 Å². The maximum atomic E-state index is 12.3. The number of rotatable bonds is 5. The summed E-state index contributed by atoms with van der Waals surface area (Å²) in [4.78, 5) is 13.3. The van der Waals surface area contributed by atoms with Crippen LogP contribution in [0.3, 0.4) is 0 Å². The quantitative estimate of drug-likeness (QED) is 0.702. The van der Waals surface area contributed by atoms with Crippen LogP contribution in [0.4, 0.5) is 5.13 Å². The van der Waals surface area contributed by atoms with Crippen LogP contribution in [0.15, 0.2) is 65.6 Å². The van der Waals surface area contributed by atoms with E-state index in [2.05, 4.69) is 15.5 Å². The fraction of sp³-hybridized carbons (Fsp3) is 0.118. The number of benzene rings is 2. The second-order valence-corrected chi connectivity index (χ2v) is 7.23. The first-order valence-electron chi connectivity index (χ1n) is 7.14. The molecular formula is C17H15N3OS2. The second-order valence-electron chi connectivity index (χ2n) is 4.84. The Morgan fingerprint density at radius 3 is 2.39 bits per heavy atom. The molecule has 6 heteroatoms. The van der Waals surface area contributed by atoms with E-state index in [1.54, 1.807) is 0 Å². The number of nitrogens with one attached hydrogen (secondary N) is 1. The largest absolute Gasteiger partial charge is 0.300 e. The fourth-order valence-electron chi connectivity index (χ4n) is 1.93. The Morgan fingerprint density at radius 2 is 1.70 bits per heavy atom. The number of carbonyl (C=O) groups is 1. The van der Waals surface area contributed by atoms with Gasteiger partial charge in [0, 0.05) is 10.5 Å². The lowest BCUT2D eigenvalue weighted by Crippen LogP contribution is -2.22. The Kier molecular flexibility index (Phi) is 5.05. The molecular weight excluding hydrogens is 326 g/mol. The Labute approximate surface area is 143 Å². The zero-order valence-electron chi connectivity index (χ0n) is 12.5. The van der Waals surface area contributed by atoms with Gasteiger partial charge in [-0.3, -0.25) is 10.1 Å². The average Bonchev–Trinajstić information content (AvgIpc) is 3.05. The van der Waals surface area contributed by atoms with Crippen LogP contribution < -0.4 is 5.32 Å². The maximum absolute atomic E-state index is 12.3. The van der Waals surface area contributed by atoms with E-state index in [1.807, 2.05) is 67.6 Å². The van der Waals surface area contributed by atoms with Gasteiger partial charge in [0.05, 0.1) is 5.25 Å². The van der Waals surface area contributed by atoms with Gasteiger partial charge in [0.1, 0.15) is 5.01 Å². The van der Waals surface area contributed by atoms with Crippen LogP contribution in [-0.2, 0) is 4.79 Å². The highest BCUT2D eigenvalue weighted by Gasteiger charge is 2.16. The van der Waals surface area contributed by atoms with Gasteiger partial charge in [-0.2, -0.15) is 0 Å². The van der Waals surface area contributed by atoms with Crippen molar-refractivity contribution in [3.8, 4) is 10.6 Å². The van der Waals surface area contributed by atoms with Gasteiger partial charge < -0.3 is 0 Å². The van der Waals surface area contributed by atoms with E-state index in [1.165, 1.54) is 23.1 Å². The first-order chi connectivity index (χ1) is 11.2. The molecule has 1 N–H and O–H groups in total. The third-order valence-electron chi connectivity index (χ3n) is 3.10. The molecule has 1 heterocycles. The summed E-state index contributed by atoms with van der Waals surface area (Å²) in [6.45, 7) is 1.88. The summed E-state index contributed by atoms with van der Waals surface area (Å²) in [5.41, 5.74) is 0.997. The van der Waals surface area contributed by atoms with E-state index < -0.39 is 0 Å². The molecule has 0 radical (unpaired) electrons. The van der Waals surface area contributed by atoms with E-state index in [0.29, 0.717) is 5.13 Å². The van der Waals surface area contributed by atoms with Gasteiger partial charge in [-0.05, 0) is 19.1 Å². The van der Waals surface area contributed by atoms with Crippen LogP contribution >= 0.6 is 23.1 Å². The monoisotopic (exact) mass is 341 g/mol. The van der Waals surface area contributed by atoms with Crippen molar-refractivity contribution < 1.29 is 4.79 Å². The first kappa shape index (κ1) is 15.7. The highest BCUT2D eigenvalue weighted by molar-refractivity contribution is 8.00. The molecule has 0 spiro atoms. The standard InChI is InChI=1S/C17H15N3OS2/c1-12(22-14-10-6-3-7-11-14)15(21)18-17-20-19-16(23-17)13-8-4-2-5-9-13/h2-12H,1H3,(H,18,20,21)/t12-/m0/s1. The van der Waals surface area contributed by atoms with E-state index in [9.17, 15) is 4.79 Å². The van der Waals surface area contributed by atoms with Crippen LogP contribution in [0.2, 0.25) is 0 Å². The van der Waals surface area contributed by atoms with Gasteiger partial charge >= 0.3 is 0 Å². The normalized spacial score (nSPS) is 11.9. The molecule has 23 heavy (non-hydrogen) atoms. The molecule has 0 unspecified atom stereocenters. The van der Waals surface area contributed by atoms with Crippen molar-refractivity contribution in [1.29, 1.82) is 0 Å². The number of aromatic nitrogens is 2. The van der Waals surface area contributed by atoms with Crippen LogP contribution in [0.25, 0.3) is 10.6 Å². The SMILES string of the molecule is C[C@H](Sc1ccccc1)C(=O)Nc1nnc(-c2ccccc2)s1. The highest BCUT2D eigenvalue weighted by atomic mass is 32.2. The number of hydrogen-bond acceptors (Lipinski definition) is 5. The molecule has 0 aliphatic rings. The molecule has 0 aliphatic heterocycles. The predicted octanol–water partition coefficient (Wildman–Crippen LogP) is 4.32. The molecule has 0 saturated heterocycles. The van der Waals surface area contributed by atoms with Crippen molar-refractivity contribution in [3.63, 3.8) is 0 Å². The third-order valence-corrected chi connectivity index (χ3v) is 5.10. The molecule has 0 aliphatic carbocycles. The Bertz CT molecular complexity index is 775. The highest BCUT2D eigenvalue weighted by Crippen LogP contribution is 2.27. The maximum Gasteiger partial charge on any atom is 0.239 e. The molecule has 0 saturated carbocycles. The topological polar surface area (TPSA) is 54.9 Å². The third kappa shape index (κ3) is 4.18. The van der Waals surface area contributed by atoms with Crippen LogP contribution in [-0.4, -0.2) is 21.4 Å². The number of nitrogens with zero attached hydrogens (tertiary/aromatic N) is 2. The summed E-state index contributed by atoms with van der Waals surface area (Å²) >= 11 is 2.89. The van der Waals surface area contributed by atoms with E-state index >= 15 is 0 Å². The summed E-state index contributed by atoms with van der Waals surface area (Å²) in [7, 11) is 0. The summed E-state index contributed by atoms with van der Waals surface area (Å²) in [5.74, 6) is -0.0744. The molecule has 4 nitrogen and oxygen atoms in total. The van der Waals surface area contributed by atoms with E-state index in [0.717, 1.165) is 15.5 Å². The molecule has 2 aromatic carbocycles. The molecule has 0 bridgehead atoms. The van der Waals surface area contributed by atoms with Gasteiger partial charge in [-0.25, -0.2) is 0 Å². The number of amides is 1. The Morgan fingerprint density at radius 1 is 1.04 bits per heavy atom. The molecule has 1 aromatic heterocycles. The molecule has 1 atom stereocenters. The van der Waals surface area contributed by atoms with Crippen molar-refractivity contribution in [2.24, 2.45) is 0 Å². The average molecular weight is 341 g/mol. The zero-order valence-corrected chi connectivity index (χ0v) is 14.1. The van der Waals surface area contributed by atoms with Crippen LogP contribution in [0, 0.1) is 0 Å². The van der Waals surface area contributed by atoms with Crippen molar-refractivity contribution in [2.75, 3.05) is 5.32 Å². The lowest BCUT2D eigenvalue weighted by Gasteiger charge is -2.09. The molecule has 3 aromatic rings. The lowest BCUT2D eigenvalue weighted by molar-refractivity contribution is -0.115. The fourth-order valence-corrected chi connectivity index (χ4v) is 3.58. The molecule has 116 valence electrons. The second kappa shape index (κ2) is 7.39. The smallest absolute Gasteiger partial charge is 0.239 e. The van der Waals surface area contributed by atoms with Gasteiger partial charge in [0.15, 0.2) is 0 Å². The number of anilines is 1. The van der Waals surface area contributed by atoms with Crippen molar-refractivity contribution in [3.05, 3.63) is 60.7 Å². The summed E-state index contributed by atoms with van der Waals surface area (Å²) in [5, 5.41) is 12.1. The minimum atomic E-state index is -0.207. The molecule has 3 rings (SSSR count). The number of carbonyl (C=O) groups excluding carboxylic acids is 1. The van der Waals surface area contributed by atoms with Crippen molar-refractivity contribution in [1.82, 2.24) is 10.2 Å². The van der Waals surface area contributed by atoms with E-state index in [-0.39, 0.29) is 11.2 Å². The molecule has 0 fully saturated rings. The summed E-state index contributed by atoms with van der Waals surface area (Å²) in [6.07, 6.45) is 0. The number of thioether (sulfide) groups is 1. The van der Waals surface area contributed by atoms with E-state index in [4.69, 9.17) is 0 Å². The lowest BCUT2D eigenvalue weighted by atomic mass is 10.2. The van der Waals surface area contributed by atoms with Crippen LogP contribution in [0.1, 0.15) is 6.92 Å². The predicted molar refractivity (Wildman–Crippen MR) is 95.7 cm³/mol. The summed E-state index contributed by atoms with van der Waals surface area (Å²) < 4.78 is 0. The van der Waals surface area contributed by atoms with Crippen molar-refractivity contribution in [2.45, 2.75) is 17.1 Å². The minimum absolute atomic E-state index is 0.0744. The molecule has 1 amide bonds. The van der Waals surface area contributed by atoms with Crippen molar-refractivity contribution >= 4 is 34.1 Å². The Hall–Kier alpha value is -2.18. The minimum Gasteiger partial charge on any atom is -0.300 e. The Balaban J connectivity index is 1.63.